The summed E-state index contributed by atoms with van der Waals surface area (Å²) in [6, 6.07) is 15.1. The molecule has 5 nitrogen and oxygen atoms in total. The second kappa shape index (κ2) is 8.56. The first kappa shape index (κ1) is 20.5. The Kier molecular flexibility index (Phi) is 5.86. The molecule has 1 fully saturated rings. The summed E-state index contributed by atoms with van der Waals surface area (Å²) in [7, 11) is 1.57. The molecule has 2 aliphatic rings. The van der Waals surface area contributed by atoms with Gasteiger partial charge in [-0.15, -0.1) is 0 Å². The van der Waals surface area contributed by atoms with Crippen molar-refractivity contribution >= 4 is 39.0 Å². The minimum atomic E-state index is -0.393. The summed E-state index contributed by atoms with van der Waals surface area (Å²) < 4.78 is 6.28. The highest BCUT2D eigenvalue weighted by Crippen LogP contribution is 2.43. The minimum Gasteiger partial charge on any atom is -0.495 e. The van der Waals surface area contributed by atoms with Gasteiger partial charge in [-0.25, -0.2) is 0 Å². The summed E-state index contributed by atoms with van der Waals surface area (Å²) in [6.07, 6.45) is 2.13. The number of ether oxygens (including phenoxy) is 1. The molecule has 30 heavy (non-hydrogen) atoms. The number of nitrogens with one attached hydrogen (secondary N) is 1. The number of hydrogen-bond donors (Lipinski definition) is 1. The molecule has 154 valence electrons. The number of para-hydroxylation sites is 2. The van der Waals surface area contributed by atoms with E-state index in [1.54, 1.807) is 19.2 Å². The predicted molar refractivity (Wildman–Crippen MR) is 121 cm³/mol. The lowest BCUT2D eigenvalue weighted by atomic mass is 9.69. The summed E-state index contributed by atoms with van der Waals surface area (Å²) in [4.78, 5) is 31.2. The number of nitrogens with zero attached hydrogens (tertiary/aromatic N) is 1. The van der Waals surface area contributed by atoms with E-state index >= 15 is 0 Å². The molecule has 0 bridgehead atoms. The van der Waals surface area contributed by atoms with Gasteiger partial charge in [-0.2, -0.15) is 0 Å². The number of aliphatic imine (C=N–C) groups is 1. The van der Waals surface area contributed by atoms with Crippen LogP contribution < -0.4 is 10.1 Å². The third-order valence-corrected chi connectivity index (χ3v) is 6.21. The summed E-state index contributed by atoms with van der Waals surface area (Å²) in [5, 5.41) is 2.97. The fourth-order valence-corrected chi connectivity index (χ4v) is 4.83. The highest BCUT2D eigenvalue weighted by molar-refractivity contribution is 9.10. The van der Waals surface area contributed by atoms with Crippen LogP contribution in [0.1, 0.15) is 37.7 Å². The van der Waals surface area contributed by atoms with E-state index in [1.807, 2.05) is 43.3 Å². The fraction of sp³-hybridized carbons (Fsp3) is 0.292. The second-order valence-corrected chi connectivity index (χ2v) is 8.50. The minimum absolute atomic E-state index is 0.153. The Morgan fingerprint density at radius 3 is 2.70 bits per heavy atom. The van der Waals surface area contributed by atoms with Gasteiger partial charge in [-0.05, 0) is 49.6 Å². The first-order valence-electron chi connectivity index (χ1n) is 10.0. The Labute approximate surface area is 184 Å². The third kappa shape index (κ3) is 3.84. The van der Waals surface area contributed by atoms with Gasteiger partial charge in [0.1, 0.15) is 11.5 Å². The number of carbonyl (C=O) groups excluding carboxylic acids is 2. The quantitative estimate of drug-likeness (QED) is 0.666. The number of benzene rings is 2. The fourth-order valence-electron chi connectivity index (χ4n) is 4.41. The van der Waals surface area contributed by atoms with Crippen molar-refractivity contribution in [2.24, 2.45) is 10.9 Å². The molecule has 1 aliphatic carbocycles. The Balaban J connectivity index is 1.80. The number of allylic oxidation sites excluding steroid dienone is 1. The maximum absolute atomic E-state index is 13.5. The zero-order valence-corrected chi connectivity index (χ0v) is 18.5. The van der Waals surface area contributed by atoms with Crippen LogP contribution in [-0.2, 0) is 9.59 Å². The number of carbonyl (C=O) groups is 2. The van der Waals surface area contributed by atoms with Gasteiger partial charge in [0, 0.05) is 33.8 Å². The molecule has 1 heterocycles. The molecule has 6 heteroatoms. The molecule has 0 saturated heterocycles. The van der Waals surface area contributed by atoms with E-state index < -0.39 is 5.92 Å². The number of hydrogen-bond acceptors (Lipinski definition) is 4. The molecule has 0 spiro atoms. The van der Waals surface area contributed by atoms with Crippen LogP contribution in [-0.4, -0.2) is 24.5 Å². The van der Waals surface area contributed by atoms with Crippen molar-refractivity contribution in [1.29, 1.82) is 0 Å². The van der Waals surface area contributed by atoms with E-state index in [0.717, 1.165) is 28.6 Å². The second-order valence-electron chi connectivity index (χ2n) is 7.59. The Morgan fingerprint density at radius 1 is 1.13 bits per heavy atom. The highest BCUT2D eigenvalue weighted by Gasteiger charge is 2.43. The number of anilines is 1. The number of rotatable bonds is 4. The molecule has 0 unspecified atom stereocenters. The monoisotopic (exact) mass is 466 g/mol. The van der Waals surface area contributed by atoms with Gasteiger partial charge in [0.15, 0.2) is 0 Å². The average molecular weight is 467 g/mol. The van der Waals surface area contributed by atoms with Crippen LogP contribution in [0, 0.1) is 5.92 Å². The topological polar surface area (TPSA) is 67.8 Å². The van der Waals surface area contributed by atoms with Crippen LogP contribution in [0.2, 0.25) is 0 Å². The summed E-state index contributed by atoms with van der Waals surface area (Å²) in [6.45, 7) is 1.85. The molecule has 2 aromatic rings. The Hall–Kier alpha value is -2.73. The Bertz CT molecular complexity index is 1070. The van der Waals surface area contributed by atoms with E-state index in [1.165, 1.54) is 0 Å². The van der Waals surface area contributed by atoms with Gasteiger partial charge < -0.3 is 10.1 Å². The molecule has 4 rings (SSSR count). The lowest BCUT2D eigenvalue weighted by molar-refractivity contribution is -0.122. The van der Waals surface area contributed by atoms with E-state index in [-0.39, 0.29) is 17.6 Å². The van der Waals surface area contributed by atoms with E-state index in [2.05, 4.69) is 21.2 Å². The first-order chi connectivity index (χ1) is 14.5. The third-order valence-electron chi connectivity index (χ3n) is 5.72. The lowest BCUT2D eigenvalue weighted by Gasteiger charge is -2.36. The molecular formula is C24H23BrN2O3. The van der Waals surface area contributed by atoms with Crippen molar-refractivity contribution in [3.63, 3.8) is 0 Å². The number of ketones is 1. The van der Waals surface area contributed by atoms with Crippen LogP contribution in [0.25, 0.3) is 0 Å². The smallest absolute Gasteiger partial charge is 0.254 e. The average Bonchev–Trinajstić information content (AvgIpc) is 2.73. The van der Waals surface area contributed by atoms with Crippen LogP contribution in [0.5, 0.6) is 5.75 Å². The molecule has 2 aromatic carbocycles. The van der Waals surface area contributed by atoms with Crippen molar-refractivity contribution in [3.05, 3.63) is 69.8 Å². The van der Waals surface area contributed by atoms with Crippen LogP contribution in [0.3, 0.4) is 0 Å². The summed E-state index contributed by atoms with van der Waals surface area (Å²) >= 11 is 3.53. The zero-order valence-electron chi connectivity index (χ0n) is 16.9. The van der Waals surface area contributed by atoms with Crippen molar-refractivity contribution in [2.45, 2.75) is 32.1 Å². The van der Waals surface area contributed by atoms with Crippen molar-refractivity contribution in [2.75, 3.05) is 12.4 Å². The normalized spacial score (nSPS) is 21.0. The highest BCUT2D eigenvalue weighted by atomic mass is 79.9. The van der Waals surface area contributed by atoms with Gasteiger partial charge in [-0.3, -0.25) is 14.6 Å². The van der Waals surface area contributed by atoms with Crippen molar-refractivity contribution < 1.29 is 14.3 Å². The van der Waals surface area contributed by atoms with Crippen molar-refractivity contribution in [1.82, 2.24) is 0 Å². The van der Waals surface area contributed by atoms with Gasteiger partial charge in [0.25, 0.3) is 5.91 Å². The molecule has 1 amide bonds. The Morgan fingerprint density at radius 2 is 1.93 bits per heavy atom. The van der Waals surface area contributed by atoms with E-state index in [4.69, 9.17) is 9.73 Å². The van der Waals surface area contributed by atoms with Crippen LogP contribution in [0.4, 0.5) is 5.69 Å². The van der Waals surface area contributed by atoms with Gasteiger partial charge in [0.05, 0.1) is 18.7 Å². The number of methoxy groups -OCH3 is 1. The van der Waals surface area contributed by atoms with E-state index in [9.17, 15) is 9.59 Å². The molecular weight excluding hydrogens is 444 g/mol. The first-order valence-corrected chi connectivity index (χ1v) is 10.8. The number of Topliss-reactive ketones (excluding diaryl/α,β-unsaturated/α-hetero) is 1. The zero-order chi connectivity index (χ0) is 21.3. The van der Waals surface area contributed by atoms with Gasteiger partial charge >= 0.3 is 0 Å². The molecule has 0 radical (unpaired) electrons. The maximum atomic E-state index is 13.5. The summed E-state index contributed by atoms with van der Waals surface area (Å²) in [5.41, 5.74) is 3.60. The van der Waals surface area contributed by atoms with Gasteiger partial charge in [-0.1, -0.05) is 40.2 Å². The van der Waals surface area contributed by atoms with Crippen LogP contribution in [0.15, 0.2) is 69.3 Å². The SMILES string of the molecule is COc1ccccc1NC(=O)C1=C(C)N=C2CCCC(=O)[C@@H]2[C@@H]1c1cccc(Br)c1. The summed E-state index contributed by atoms with van der Waals surface area (Å²) in [5.74, 6) is -0.284. The predicted octanol–water partition coefficient (Wildman–Crippen LogP) is 5.28. The molecule has 1 saturated carbocycles. The maximum Gasteiger partial charge on any atom is 0.254 e. The van der Waals surface area contributed by atoms with Crippen molar-refractivity contribution in [3.8, 4) is 5.75 Å². The number of halogens is 1. The standard InChI is InChI=1S/C24H23BrN2O3/c1-14-21(24(29)27-17-9-3-4-12-20(17)30-2)22(15-7-5-8-16(25)13-15)23-18(26-14)10-6-11-19(23)28/h3-5,7-9,12-13,22-23H,6,10-11H2,1-2H3,(H,27,29)/t22-,23-/m1/s1. The lowest BCUT2D eigenvalue weighted by Crippen LogP contribution is -2.39. The molecule has 2 atom stereocenters. The van der Waals surface area contributed by atoms with Crippen LogP contribution >= 0.6 is 15.9 Å². The van der Waals surface area contributed by atoms with E-state index in [0.29, 0.717) is 29.1 Å². The molecule has 1 N–H and O–H groups in total. The largest absolute Gasteiger partial charge is 0.495 e. The molecule has 0 aromatic heterocycles. The van der Waals surface area contributed by atoms with Gasteiger partial charge in [0.2, 0.25) is 0 Å². The number of fused-ring (bicyclic) bond motifs is 1. The number of amides is 1. The molecule has 1 aliphatic heterocycles.